The molecule has 0 bridgehead atoms. The Morgan fingerprint density at radius 3 is 2.61 bits per heavy atom. The number of carbonyl (C=O) groups is 1. The van der Waals surface area contributed by atoms with Crippen molar-refractivity contribution in [2.75, 3.05) is 32.8 Å². The van der Waals surface area contributed by atoms with Crippen LogP contribution in [-0.4, -0.2) is 43.7 Å². The van der Waals surface area contributed by atoms with E-state index >= 15 is 0 Å². The number of carbonyl (C=O) groups excluding carboxylic acids is 1. The van der Waals surface area contributed by atoms with E-state index in [0.29, 0.717) is 26.2 Å². The summed E-state index contributed by atoms with van der Waals surface area (Å²) < 4.78 is 11.3. The van der Waals surface area contributed by atoms with Gasteiger partial charge in [-0.25, -0.2) is 0 Å². The van der Waals surface area contributed by atoms with Crippen molar-refractivity contribution in [1.29, 1.82) is 0 Å². The Hall–Kier alpha value is -2.63. The molecule has 2 heterocycles. The van der Waals surface area contributed by atoms with Gasteiger partial charge in [0.1, 0.15) is 11.5 Å². The van der Waals surface area contributed by atoms with Crippen molar-refractivity contribution in [3.8, 4) is 0 Å². The SMILES string of the molecule is Cc1ccc(C(CNC(=O)Cc2ccc3ccccc3c2)N2CCOCC2)o1. The normalized spacial score (nSPS) is 16.2. The number of morpholine rings is 1. The summed E-state index contributed by atoms with van der Waals surface area (Å²) in [6.07, 6.45) is 0.373. The number of hydrogen-bond acceptors (Lipinski definition) is 4. The number of furan rings is 1. The van der Waals surface area contributed by atoms with Gasteiger partial charge in [-0.05, 0) is 35.4 Å². The summed E-state index contributed by atoms with van der Waals surface area (Å²) in [6.45, 7) is 5.57. The molecule has 146 valence electrons. The molecular formula is C23H26N2O3. The minimum absolute atomic E-state index is 0.0248. The number of nitrogens with zero attached hydrogens (tertiary/aromatic N) is 1. The smallest absolute Gasteiger partial charge is 0.224 e. The standard InChI is InChI=1S/C23H26N2O3/c1-17-6-9-22(28-17)21(25-10-12-27-13-11-25)16-24-23(26)15-18-7-8-19-4-2-3-5-20(19)14-18/h2-9,14,21H,10-13,15-16H2,1H3,(H,24,26). The molecule has 1 saturated heterocycles. The Morgan fingerprint density at radius 1 is 1.07 bits per heavy atom. The molecule has 0 spiro atoms. The highest BCUT2D eigenvalue weighted by Crippen LogP contribution is 2.23. The second-order valence-corrected chi connectivity index (χ2v) is 7.27. The number of hydrogen-bond donors (Lipinski definition) is 1. The highest BCUT2D eigenvalue weighted by atomic mass is 16.5. The average Bonchev–Trinajstić information content (AvgIpc) is 3.15. The van der Waals surface area contributed by atoms with Gasteiger partial charge >= 0.3 is 0 Å². The molecule has 1 aliphatic rings. The molecule has 1 aromatic heterocycles. The number of benzene rings is 2. The molecular weight excluding hydrogens is 352 g/mol. The van der Waals surface area contributed by atoms with Crippen LogP contribution in [-0.2, 0) is 16.0 Å². The Morgan fingerprint density at radius 2 is 1.86 bits per heavy atom. The molecule has 0 aliphatic carbocycles. The molecule has 0 radical (unpaired) electrons. The monoisotopic (exact) mass is 378 g/mol. The van der Waals surface area contributed by atoms with E-state index in [9.17, 15) is 4.79 Å². The van der Waals surface area contributed by atoms with Crippen molar-refractivity contribution < 1.29 is 13.9 Å². The van der Waals surface area contributed by atoms with E-state index in [1.807, 2.05) is 37.3 Å². The molecule has 5 nitrogen and oxygen atoms in total. The predicted octanol–water partition coefficient (Wildman–Crippen LogP) is 3.47. The maximum atomic E-state index is 12.6. The summed E-state index contributed by atoms with van der Waals surface area (Å²) in [6, 6.07) is 18.4. The van der Waals surface area contributed by atoms with Gasteiger partial charge in [0.25, 0.3) is 0 Å². The summed E-state index contributed by atoms with van der Waals surface area (Å²) in [5.41, 5.74) is 1.02. The summed E-state index contributed by atoms with van der Waals surface area (Å²) in [7, 11) is 0. The van der Waals surface area contributed by atoms with E-state index in [-0.39, 0.29) is 11.9 Å². The van der Waals surface area contributed by atoms with Gasteiger partial charge < -0.3 is 14.5 Å². The number of rotatable bonds is 6. The average molecular weight is 378 g/mol. The maximum Gasteiger partial charge on any atom is 0.224 e. The van der Waals surface area contributed by atoms with Crippen molar-refractivity contribution in [3.05, 3.63) is 71.7 Å². The van der Waals surface area contributed by atoms with Crippen LogP contribution in [0.3, 0.4) is 0 Å². The van der Waals surface area contributed by atoms with Gasteiger partial charge in [0.15, 0.2) is 0 Å². The van der Waals surface area contributed by atoms with Gasteiger partial charge in [0.2, 0.25) is 5.91 Å². The molecule has 1 fully saturated rings. The predicted molar refractivity (Wildman–Crippen MR) is 109 cm³/mol. The molecule has 28 heavy (non-hydrogen) atoms. The summed E-state index contributed by atoms with van der Waals surface area (Å²) >= 11 is 0. The van der Waals surface area contributed by atoms with Crippen LogP contribution < -0.4 is 5.32 Å². The zero-order valence-corrected chi connectivity index (χ0v) is 16.2. The van der Waals surface area contributed by atoms with Crippen LogP contribution in [0.1, 0.15) is 23.1 Å². The zero-order valence-electron chi connectivity index (χ0n) is 16.2. The molecule has 0 saturated carbocycles. The first-order valence-electron chi connectivity index (χ1n) is 9.81. The second-order valence-electron chi connectivity index (χ2n) is 7.27. The molecule has 5 heteroatoms. The van der Waals surface area contributed by atoms with Gasteiger partial charge in [-0.2, -0.15) is 0 Å². The number of aryl methyl sites for hydroxylation is 1. The van der Waals surface area contributed by atoms with Crippen molar-refractivity contribution in [3.63, 3.8) is 0 Å². The third kappa shape index (κ3) is 4.43. The van der Waals surface area contributed by atoms with E-state index in [1.54, 1.807) is 0 Å². The largest absolute Gasteiger partial charge is 0.465 e. The van der Waals surface area contributed by atoms with Gasteiger partial charge in [0, 0.05) is 19.6 Å². The Bertz CT molecular complexity index is 944. The quantitative estimate of drug-likeness (QED) is 0.714. The van der Waals surface area contributed by atoms with Crippen LogP contribution in [0.2, 0.25) is 0 Å². The molecule has 1 aliphatic heterocycles. The van der Waals surface area contributed by atoms with E-state index < -0.39 is 0 Å². The van der Waals surface area contributed by atoms with E-state index in [2.05, 4.69) is 34.5 Å². The highest BCUT2D eigenvalue weighted by Gasteiger charge is 2.25. The molecule has 3 aromatic rings. The zero-order chi connectivity index (χ0) is 19.3. The third-order valence-corrected chi connectivity index (χ3v) is 5.25. The first kappa shape index (κ1) is 18.7. The lowest BCUT2D eigenvalue weighted by molar-refractivity contribution is -0.120. The van der Waals surface area contributed by atoms with Crippen LogP contribution in [0.4, 0.5) is 0 Å². The lowest BCUT2D eigenvalue weighted by atomic mass is 10.0. The number of nitrogens with one attached hydrogen (secondary N) is 1. The van der Waals surface area contributed by atoms with Crippen LogP contribution in [0.5, 0.6) is 0 Å². The fraction of sp³-hybridized carbons (Fsp3) is 0.348. The van der Waals surface area contributed by atoms with Crippen molar-refractivity contribution in [2.45, 2.75) is 19.4 Å². The number of fused-ring (bicyclic) bond motifs is 1. The van der Waals surface area contributed by atoms with Crippen molar-refractivity contribution in [1.82, 2.24) is 10.2 Å². The minimum Gasteiger partial charge on any atom is -0.465 e. The second kappa shape index (κ2) is 8.59. The van der Waals surface area contributed by atoms with Gasteiger partial charge in [-0.1, -0.05) is 42.5 Å². The van der Waals surface area contributed by atoms with Gasteiger partial charge in [-0.3, -0.25) is 9.69 Å². The minimum atomic E-state index is 0.0248. The lowest BCUT2D eigenvalue weighted by Crippen LogP contribution is -2.43. The first-order chi connectivity index (χ1) is 13.7. The van der Waals surface area contributed by atoms with Gasteiger partial charge in [-0.15, -0.1) is 0 Å². The molecule has 1 atom stereocenters. The van der Waals surface area contributed by atoms with Crippen LogP contribution in [0, 0.1) is 6.92 Å². The number of amides is 1. The summed E-state index contributed by atoms with van der Waals surface area (Å²) in [4.78, 5) is 14.9. The van der Waals surface area contributed by atoms with E-state index in [0.717, 1.165) is 35.6 Å². The lowest BCUT2D eigenvalue weighted by Gasteiger charge is -2.33. The fourth-order valence-corrected chi connectivity index (χ4v) is 3.74. The highest BCUT2D eigenvalue weighted by molar-refractivity contribution is 5.85. The number of ether oxygens (including phenoxy) is 1. The van der Waals surface area contributed by atoms with E-state index in [1.165, 1.54) is 5.39 Å². The topological polar surface area (TPSA) is 54.7 Å². The Kier molecular flexibility index (Phi) is 5.74. The van der Waals surface area contributed by atoms with Crippen LogP contribution in [0.25, 0.3) is 10.8 Å². The van der Waals surface area contributed by atoms with Crippen molar-refractivity contribution in [2.24, 2.45) is 0 Å². The van der Waals surface area contributed by atoms with Crippen molar-refractivity contribution >= 4 is 16.7 Å². The molecule has 1 N–H and O–H groups in total. The van der Waals surface area contributed by atoms with Crippen LogP contribution in [0.15, 0.2) is 59.0 Å². The fourth-order valence-electron chi connectivity index (χ4n) is 3.74. The summed E-state index contributed by atoms with van der Waals surface area (Å²) in [5.74, 6) is 1.80. The Balaban J connectivity index is 1.41. The molecule has 1 amide bonds. The molecule has 1 unspecified atom stereocenters. The summed E-state index contributed by atoms with van der Waals surface area (Å²) in [5, 5.41) is 5.45. The molecule has 4 rings (SSSR count). The Labute approximate surface area is 165 Å². The maximum absolute atomic E-state index is 12.6. The molecule has 2 aromatic carbocycles. The van der Waals surface area contributed by atoms with Gasteiger partial charge in [0.05, 0.1) is 25.7 Å². The van der Waals surface area contributed by atoms with E-state index in [4.69, 9.17) is 9.15 Å². The first-order valence-corrected chi connectivity index (χ1v) is 9.81. The van der Waals surface area contributed by atoms with Crippen LogP contribution >= 0.6 is 0 Å². The third-order valence-electron chi connectivity index (χ3n) is 5.25.